The molecule has 1 fully saturated rings. The first kappa shape index (κ1) is 15.0. The van der Waals surface area contributed by atoms with E-state index in [9.17, 15) is 0 Å². The Kier molecular flexibility index (Phi) is 5.04. The van der Waals surface area contributed by atoms with Crippen LogP contribution in [0.25, 0.3) is 0 Å². The molecule has 1 atom stereocenters. The molecule has 0 saturated heterocycles. The van der Waals surface area contributed by atoms with Gasteiger partial charge in [-0.3, -0.25) is 0 Å². The van der Waals surface area contributed by atoms with Crippen molar-refractivity contribution in [3.8, 4) is 0 Å². The lowest BCUT2D eigenvalue weighted by Gasteiger charge is -2.42. The first-order valence-electron chi connectivity index (χ1n) is 7.11. The van der Waals surface area contributed by atoms with Crippen LogP contribution in [0, 0.1) is 5.92 Å². The molecule has 3 heteroatoms. The zero-order valence-corrected chi connectivity index (χ0v) is 13.4. The van der Waals surface area contributed by atoms with E-state index >= 15 is 0 Å². The maximum Gasteiger partial charge on any atom is 0.0832 e. The van der Waals surface area contributed by atoms with Crippen molar-refractivity contribution in [2.75, 3.05) is 7.11 Å². The van der Waals surface area contributed by atoms with Gasteiger partial charge < -0.3 is 10.5 Å². The second kappa shape index (κ2) is 6.38. The van der Waals surface area contributed by atoms with Gasteiger partial charge in [0.15, 0.2) is 0 Å². The first-order valence-corrected chi connectivity index (χ1v) is 7.91. The maximum absolute atomic E-state index is 6.49. The molecule has 2 nitrogen and oxygen atoms in total. The van der Waals surface area contributed by atoms with Crippen molar-refractivity contribution in [3.05, 3.63) is 34.3 Å². The Balaban J connectivity index is 2.09. The summed E-state index contributed by atoms with van der Waals surface area (Å²) in [6.07, 6.45) is 5.46. The molecule has 0 bridgehead atoms. The first-order chi connectivity index (χ1) is 9.07. The second-order valence-electron chi connectivity index (χ2n) is 5.85. The number of ether oxygens (including phenoxy) is 1. The van der Waals surface area contributed by atoms with E-state index in [1.54, 1.807) is 0 Å². The van der Waals surface area contributed by atoms with Crippen molar-refractivity contribution in [3.63, 3.8) is 0 Å². The van der Waals surface area contributed by atoms with Crippen LogP contribution in [0.3, 0.4) is 0 Å². The Morgan fingerprint density at radius 3 is 2.58 bits per heavy atom. The minimum absolute atomic E-state index is 0.0590. The Morgan fingerprint density at radius 2 is 2.00 bits per heavy atom. The third-order valence-corrected chi connectivity index (χ3v) is 5.37. The predicted molar refractivity (Wildman–Crippen MR) is 83.2 cm³/mol. The minimum atomic E-state index is -0.137. The highest BCUT2D eigenvalue weighted by Gasteiger charge is 2.39. The number of rotatable bonds is 4. The standard InChI is InChI=1S/C16H24BrNO/c1-12-7-9-16(19-2,10-8-12)15(18)11-13-5-3-4-6-14(13)17/h3-6,12,15H,7-11,18H2,1-2H3. The lowest BCUT2D eigenvalue weighted by Crippen LogP contribution is -2.52. The van der Waals surface area contributed by atoms with Gasteiger partial charge in [-0.1, -0.05) is 41.1 Å². The van der Waals surface area contributed by atoms with Crippen LogP contribution in [-0.2, 0) is 11.2 Å². The molecule has 19 heavy (non-hydrogen) atoms. The molecule has 2 N–H and O–H groups in total. The maximum atomic E-state index is 6.49. The summed E-state index contributed by atoms with van der Waals surface area (Å²) in [5, 5.41) is 0. The van der Waals surface area contributed by atoms with Crippen LogP contribution in [0.4, 0.5) is 0 Å². The monoisotopic (exact) mass is 325 g/mol. The van der Waals surface area contributed by atoms with Crippen molar-refractivity contribution in [1.29, 1.82) is 0 Å². The minimum Gasteiger partial charge on any atom is -0.377 e. The summed E-state index contributed by atoms with van der Waals surface area (Å²) in [7, 11) is 1.82. The highest BCUT2D eigenvalue weighted by atomic mass is 79.9. The molecule has 0 radical (unpaired) electrons. The fraction of sp³-hybridized carbons (Fsp3) is 0.625. The van der Waals surface area contributed by atoms with Crippen LogP contribution >= 0.6 is 15.9 Å². The topological polar surface area (TPSA) is 35.2 Å². The number of methoxy groups -OCH3 is 1. The average molecular weight is 326 g/mol. The fourth-order valence-corrected chi connectivity index (χ4v) is 3.51. The SMILES string of the molecule is COC1(C(N)Cc2ccccc2Br)CCC(C)CC1. The van der Waals surface area contributed by atoms with Gasteiger partial charge in [-0.25, -0.2) is 0 Å². The molecule has 2 rings (SSSR count). The van der Waals surface area contributed by atoms with Crippen LogP contribution in [0.5, 0.6) is 0 Å². The molecule has 0 amide bonds. The van der Waals surface area contributed by atoms with E-state index < -0.39 is 0 Å². The molecule has 1 unspecified atom stereocenters. The van der Waals surface area contributed by atoms with E-state index in [4.69, 9.17) is 10.5 Å². The average Bonchev–Trinajstić information content (AvgIpc) is 2.42. The summed E-state index contributed by atoms with van der Waals surface area (Å²) < 4.78 is 7.00. The Bertz CT molecular complexity index is 413. The second-order valence-corrected chi connectivity index (χ2v) is 6.71. The summed E-state index contributed by atoms with van der Waals surface area (Å²) in [6, 6.07) is 8.37. The largest absolute Gasteiger partial charge is 0.377 e. The predicted octanol–water partition coefficient (Wildman–Crippen LogP) is 3.91. The molecule has 0 heterocycles. The smallest absolute Gasteiger partial charge is 0.0832 e. The van der Waals surface area contributed by atoms with E-state index in [0.29, 0.717) is 0 Å². The van der Waals surface area contributed by atoms with Crippen molar-refractivity contribution in [2.45, 2.75) is 50.7 Å². The summed E-state index contributed by atoms with van der Waals surface area (Å²) in [5.74, 6) is 0.805. The van der Waals surface area contributed by atoms with Gasteiger partial charge in [-0.15, -0.1) is 0 Å². The number of hydrogen-bond acceptors (Lipinski definition) is 2. The van der Waals surface area contributed by atoms with E-state index in [2.05, 4.69) is 41.1 Å². The Labute approximate surface area is 124 Å². The van der Waals surface area contributed by atoms with E-state index in [1.165, 1.54) is 18.4 Å². The lowest BCUT2D eigenvalue weighted by molar-refractivity contribution is -0.0659. The normalized spacial score (nSPS) is 29.2. The molecule has 1 aromatic rings. The van der Waals surface area contributed by atoms with Crippen LogP contribution < -0.4 is 5.73 Å². The highest BCUT2D eigenvalue weighted by Crippen LogP contribution is 2.37. The summed E-state index contributed by atoms with van der Waals surface area (Å²) in [5.41, 5.74) is 7.63. The lowest BCUT2D eigenvalue weighted by atomic mass is 9.74. The molecule has 1 saturated carbocycles. The van der Waals surface area contributed by atoms with Gasteiger partial charge in [0.1, 0.15) is 0 Å². The summed E-state index contributed by atoms with van der Waals surface area (Å²) in [6.45, 7) is 2.32. The van der Waals surface area contributed by atoms with Gasteiger partial charge in [0.05, 0.1) is 5.60 Å². The molecular weight excluding hydrogens is 302 g/mol. The third kappa shape index (κ3) is 3.39. The van der Waals surface area contributed by atoms with Gasteiger partial charge in [0.2, 0.25) is 0 Å². The summed E-state index contributed by atoms with van der Waals surface area (Å²) in [4.78, 5) is 0. The van der Waals surface area contributed by atoms with Crippen molar-refractivity contribution in [2.24, 2.45) is 11.7 Å². The quantitative estimate of drug-likeness (QED) is 0.910. The Morgan fingerprint density at radius 1 is 1.37 bits per heavy atom. The highest BCUT2D eigenvalue weighted by molar-refractivity contribution is 9.10. The van der Waals surface area contributed by atoms with Gasteiger partial charge in [0.25, 0.3) is 0 Å². The molecule has 1 aliphatic carbocycles. The van der Waals surface area contributed by atoms with Crippen LogP contribution in [-0.4, -0.2) is 18.8 Å². The fourth-order valence-electron chi connectivity index (χ4n) is 3.06. The molecular formula is C16H24BrNO. The van der Waals surface area contributed by atoms with Gasteiger partial charge in [-0.05, 0) is 49.7 Å². The molecule has 1 aromatic carbocycles. The van der Waals surface area contributed by atoms with Gasteiger partial charge >= 0.3 is 0 Å². The van der Waals surface area contributed by atoms with Crippen molar-refractivity contribution in [1.82, 2.24) is 0 Å². The van der Waals surface area contributed by atoms with E-state index in [-0.39, 0.29) is 11.6 Å². The number of halogens is 1. The van der Waals surface area contributed by atoms with Crippen molar-refractivity contribution < 1.29 is 4.74 Å². The van der Waals surface area contributed by atoms with Gasteiger partial charge in [-0.2, -0.15) is 0 Å². The molecule has 0 spiro atoms. The van der Waals surface area contributed by atoms with E-state index in [0.717, 1.165) is 29.7 Å². The van der Waals surface area contributed by atoms with Crippen LogP contribution in [0.15, 0.2) is 28.7 Å². The van der Waals surface area contributed by atoms with Crippen molar-refractivity contribution >= 4 is 15.9 Å². The molecule has 0 aromatic heterocycles. The third-order valence-electron chi connectivity index (χ3n) is 4.60. The summed E-state index contributed by atoms with van der Waals surface area (Å²) >= 11 is 3.60. The zero-order valence-electron chi connectivity index (χ0n) is 11.9. The van der Waals surface area contributed by atoms with Crippen LogP contribution in [0.2, 0.25) is 0 Å². The zero-order chi connectivity index (χ0) is 13.9. The van der Waals surface area contributed by atoms with E-state index in [1.807, 2.05) is 13.2 Å². The van der Waals surface area contributed by atoms with Crippen LogP contribution in [0.1, 0.15) is 38.2 Å². The molecule has 1 aliphatic rings. The molecule has 0 aliphatic heterocycles. The number of nitrogens with two attached hydrogens (primary N) is 1. The molecule has 106 valence electrons. The number of hydrogen-bond donors (Lipinski definition) is 1. The van der Waals surface area contributed by atoms with Gasteiger partial charge in [0, 0.05) is 17.6 Å². The number of benzene rings is 1. The Hall–Kier alpha value is -0.380.